The van der Waals surface area contributed by atoms with Gasteiger partial charge in [-0.2, -0.15) is 0 Å². The Balaban J connectivity index is 1.77. The second-order valence-corrected chi connectivity index (χ2v) is 8.86. The summed E-state index contributed by atoms with van der Waals surface area (Å²) in [5.41, 5.74) is 2.21. The van der Waals surface area contributed by atoms with Crippen molar-refractivity contribution in [2.24, 2.45) is 4.99 Å². The second-order valence-electron chi connectivity index (χ2n) is 7.46. The molecule has 2 aromatic rings. The normalized spacial score (nSPS) is 21.3. The van der Waals surface area contributed by atoms with Crippen molar-refractivity contribution in [2.75, 3.05) is 0 Å². The lowest BCUT2D eigenvalue weighted by atomic mass is 9.98. The van der Waals surface area contributed by atoms with Gasteiger partial charge in [-0.15, -0.1) is 0 Å². The highest BCUT2D eigenvalue weighted by molar-refractivity contribution is 8.15. The maximum absolute atomic E-state index is 13.1. The summed E-state index contributed by atoms with van der Waals surface area (Å²) in [4.78, 5) is 29.4. The quantitative estimate of drug-likeness (QED) is 0.773. The molecule has 1 fully saturated rings. The zero-order valence-electron chi connectivity index (χ0n) is 16.8. The molecular formula is C22H24FN3O2S. The van der Waals surface area contributed by atoms with E-state index in [1.807, 2.05) is 27.7 Å². The Morgan fingerprint density at radius 2 is 1.72 bits per heavy atom. The monoisotopic (exact) mass is 413 g/mol. The molecule has 2 atom stereocenters. The topological polar surface area (TPSA) is 70.6 Å². The predicted octanol–water partition coefficient (Wildman–Crippen LogP) is 4.16. The fraction of sp³-hybridized carbons (Fsp3) is 0.318. The Kier molecular flexibility index (Phi) is 6.07. The minimum Gasteiger partial charge on any atom is -0.350 e. The summed E-state index contributed by atoms with van der Waals surface area (Å²) in [5, 5.41) is 6.21. The lowest BCUT2D eigenvalue weighted by Crippen LogP contribution is -2.32. The molecule has 1 heterocycles. The van der Waals surface area contributed by atoms with Crippen LogP contribution in [-0.2, 0) is 9.54 Å². The van der Waals surface area contributed by atoms with Crippen LogP contribution in [0.5, 0.6) is 0 Å². The van der Waals surface area contributed by atoms with E-state index in [1.54, 1.807) is 36.4 Å². The minimum atomic E-state index is -0.839. The molecule has 1 aliphatic rings. The van der Waals surface area contributed by atoms with Gasteiger partial charge < -0.3 is 10.6 Å². The van der Waals surface area contributed by atoms with Crippen molar-refractivity contribution >= 4 is 28.7 Å². The van der Waals surface area contributed by atoms with Gasteiger partial charge in [0.25, 0.3) is 5.91 Å². The number of carbonyl (C=O) groups excluding carboxylic acids is 2. The van der Waals surface area contributed by atoms with Gasteiger partial charge in [-0.25, -0.2) is 4.39 Å². The number of halogens is 1. The number of rotatable bonds is 5. The molecule has 0 aromatic heterocycles. The van der Waals surface area contributed by atoms with Gasteiger partial charge in [0.1, 0.15) is 10.6 Å². The van der Waals surface area contributed by atoms with E-state index >= 15 is 0 Å². The molecule has 1 aliphatic heterocycles. The average Bonchev–Trinajstić information content (AvgIpc) is 2.96. The zero-order valence-corrected chi connectivity index (χ0v) is 17.6. The molecule has 152 valence electrons. The Labute approximate surface area is 174 Å². The second kappa shape index (κ2) is 8.37. The molecule has 0 bridgehead atoms. The number of thioether (sulfide) groups is 1. The van der Waals surface area contributed by atoms with E-state index < -0.39 is 4.75 Å². The highest BCUT2D eigenvalue weighted by atomic mass is 32.2. The first kappa shape index (κ1) is 21.0. The minimum absolute atomic E-state index is 0.0535. The number of amidine groups is 1. The number of amides is 2. The van der Waals surface area contributed by atoms with Gasteiger partial charge in [-0.1, -0.05) is 36.0 Å². The number of carbonyl (C=O) groups is 2. The van der Waals surface area contributed by atoms with E-state index in [1.165, 1.54) is 23.9 Å². The Morgan fingerprint density at radius 1 is 1.10 bits per heavy atom. The van der Waals surface area contributed by atoms with Gasteiger partial charge >= 0.3 is 0 Å². The first-order chi connectivity index (χ1) is 13.7. The third-order valence-corrected chi connectivity index (χ3v) is 5.97. The molecule has 3 rings (SSSR count). The van der Waals surface area contributed by atoms with E-state index in [2.05, 4.69) is 15.6 Å². The molecule has 2 aromatic carbocycles. The van der Waals surface area contributed by atoms with Crippen LogP contribution in [0.2, 0.25) is 0 Å². The van der Waals surface area contributed by atoms with Gasteiger partial charge in [0, 0.05) is 11.6 Å². The summed E-state index contributed by atoms with van der Waals surface area (Å²) in [6, 6.07) is 13.0. The average molecular weight is 414 g/mol. The van der Waals surface area contributed by atoms with E-state index in [0.717, 1.165) is 11.1 Å². The molecule has 1 unspecified atom stereocenters. The number of nitrogens with one attached hydrogen (secondary N) is 2. The molecule has 29 heavy (non-hydrogen) atoms. The standard InChI is InChI=1S/C22H24FN3O2S/c1-13(2)24-19(27)16-5-9-17(10-6-16)22(4)20(28)26-21(29-22)25-14(3)15-7-11-18(23)12-8-15/h5-14H,1-4H3,(H,24,27)(H,25,26,28)/t14-,22?/m0/s1. The molecule has 1 saturated heterocycles. The Hall–Kier alpha value is -2.67. The molecular weight excluding hydrogens is 389 g/mol. The fourth-order valence-electron chi connectivity index (χ4n) is 3.01. The van der Waals surface area contributed by atoms with Crippen molar-refractivity contribution < 1.29 is 14.0 Å². The fourth-order valence-corrected chi connectivity index (χ4v) is 4.15. The number of nitrogens with zero attached hydrogens (tertiary/aromatic N) is 1. The van der Waals surface area contributed by atoms with E-state index in [4.69, 9.17) is 0 Å². The van der Waals surface area contributed by atoms with E-state index in [9.17, 15) is 14.0 Å². The van der Waals surface area contributed by atoms with Crippen LogP contribution in [0.25, 0.3) is 0 Å². The van der Waals surface area contributed by atoms with Crippen molar-refractivity contribution in [1.29, 1.82) is 0 Å². The van der Waals surface area contributed by atoms with Crippen LogP contribution in [-0.4, -0.2) is 23.0 Å². The maximum atomic E-state index is 13.1. The summed E-state index contributed by atoms with van der Waals surface area (Å²) in [7, 11) is 0. The Bertz CT molecular complexity index is 942. The third-order valence-electron chi connectivity index (χ3n) is 4.74. The smallest absolute Gasteiger partial charge is 0.251 e. The van der Waals surface area contributed by atoms with Crippen LogP contribution in [0, 0.1) is 5.82 Å². The Morgan fingerprint density at radius 3 is 2.31 bits per heavy atom. The highest BCUT2D eigenvalue weighted by Gasteiger charge is 2.44. The first-order valence-electron chi connectivity index (χ1n) is 9.44. The molecule has 2 amide bonds. The molecule has 0 saturated carbocycles. The van der Waals surface area contributed by atoms with Gasteiger partial charge in [0.15, 0.2) is 5.17 Å². The number of benzene rings is 2. The molecule has 5 nitrogen and oxygen atoms in total. The van der Waals surface area contributed by atoms with Crippen molar-refractivity contribution in [1.82, 2.24) is 10.6 Å². The van der Waals surface area contributed by atoms with Crippen LogP contribution in [0.1, 0.15) is 55.2 Å². The number of hydrogen-bond acceptors (Lipinski definition) is 4. The zero-order chi connectivity index (χ0) is 21.2. The first-order valence-corrected chi connectivity index (χ1v) is 10.3. The lowest BCUT2D eigenvalue weighted by Gasteiger charge is -2.19. The predicted molar refractivity (Wildman–Crippen MR) is 114 cm³/mol. The number of aliphatic imine (C=N–C) groups is 1. The van der Waals surface area contributed by atoms with Gasteiger partial charge in [0.05, 0.1) is 6.04 Å². The summed E-state index contributed by atoms with van der Waals surface area (Å²) in [5.74, 6) is -0.599. The largest absolute Gasteiger partial charge is 0.350 e. The van der Waals surface area contributed by atoms with Gasteiger partial charge in [-0.05, 0) is 63.1 Å². The molecule has 0 aliphatic carbocycles. The van der Waals surface area contributed by atoms with Crippen molar-refractivity contribution in [3.63, 3.8) is 0 Å². The van der Waals surface area contributed by atoms with Crippen LogP contribution >= 0.6 is 11.8 Å². The summed E-state index contributed by atoms with van der Waals surface area (Å²) < 4.78 is 12.3. The van der Waals surface area contributed by atoms with Crippen LogP contribution < -0.4 is 10.6 Å². The van der Waals surface area contributed by atoms with E-state index in [-0.39, 0.29) is 29.7 Å². The van der Waals surface area contributed by atoms with Crippen molar-refractivity contribution in [3.05, 3.63) is 71.0 Å². The van der Waals surface area contributed by atoms with Crippen LogP contribution in [0.15, 0.2) is 53.5 Å². The summed E-state index contributed by atoms with van der Waals surface area (Å²) in [6.45, 7) is 7.53. The summed E-state index contributed by atoms with van der Waals surface area (Å²) >= 11 is 1.34. The number of hydrogen-bond donors (Lipinski definition) is 2. The SMILES string of the molecule is CC(C)NC(=O)c1ccc(C2(C)SC(=N[C@@H](C)c3ccc(F)cc3)NC2=O)cc1. The van der Waals surface area contributed by atoms with Crippen molar-refractivity contribution in [2.45, 2.75) is 44.5 Å². The summed E-state index contributed by atoms with van der Waals surface area (Å²) in [6.07, 6.45) is 0. The van der Waals surface area contributed by atoms with Gasteiger partial charge in [0.2, 0.25) is 5.91 Å². The highest BCUT2D eigenvalue weighted by Crippen LogP contribution is 2.41. The third kappa shape index (κ3) is 4.67. The maximum Gasteiger partial charge on any atom is 0.251 e. The molecule has 0 radical (unpaired) electrons. The lowest BCUT2D eigenvalue weighted by molar-refractivity contribution is -0.121. The van der Waals surface area contributed by atoms with E-state index in [0.29, 0.717) is 10.7 Å². The molecule has 0 spiro atoms. The molecule has 2 N–H and O–H groups in total. The van der Waals surface area contributed by atoms with Crippen molar-refractivity contribution in [3.8, 4) is 0 Å². The van der Waals surface area contributed by atoms with Gasteiger partial charge in [-0.3, -0.25) is 14.6 Å². The van der Waals surface area contributed by atoms with Crippen LogP contribution in [0.3, 0.4) is 0 Å². The van der Waals surface area contributed by atoms with Crippen LogP contribution in [0.4, 0.5) is 4.39 Å². The molecule has 7 heteroatoms.